The standard InChI is InChI=1S/C22H30N4O2S2/c1-5-7-16-14-8-6-9-15(14)17-18-19(30-21(17)23-16)20(25-22(24-18)29-4)26(10-12(2)27)11-13(3)28/h12-13,27-28H,5-11H2,1-4H3/t12-,13-/m1/s1. The van der Waals surface area contributed by atoms with Crippen LogP contribution in [0, 0.1) is 0 Å². The molecule has 0 radical (unpaired) electrons. The van der Waals surface area contributed by atoms with E-state index in [-0.39, 0.29) is 0 Å². The highest BCUT2D eigenvalue weighted by atomic mass is 32.2. The maximum absolute atomic E-state index is 10.1. The van der Waals surface area contributed by atoms with Crippen molar-refractivity contribution in [1.29, 1.82) is 0 Å². The zero-order valence-corrected chi connectivity index (χ0v) is 19.7. The van der Waals surface area contributed by atoms with Gasteiger partial charge in [-0.1, -0.05) is 25.1 Å². The van der Waals surface area contributed by atoms with E-state index in [9.17, 15) is 10.2 Å². The summed E-state index contributed by atoms with van der Waals surface area (Å²) in [4.78, 5) is 17.8. The molecule has 162 valence electrons. The van der Waals surface area contributed by atoms with Crippen molar-refractivity contribution in [2.75, 3.05) is 24.2 Å². The van der Waals surface area contributed by atoms with Gasteiger partial charge in [0.25, 0.3) is 0 Å². The number of thiophene rings is 1. The maximum atomic E-state index is 10.1. The number of aryl methyl sites for hydroxylation is 2. The minimum atomic E-state index is -0.528. The quantitative estimate of drug-likeness (QED) is 0.400. The van der Waals surface area contributed by atoms with E-state index in [1.165, 1.54) is 40.4 Å². The van der Waals surface area contributed by atoms with Crippen molar-refractivity contribution in [3.8, 4) is 0 Å². The fourth-order valence-corrected chi connectivity index (χ4v) is 5.99. The minimum Gasteiger partial charge on any atom is -0.392 e. The van der Waals surface area contributed by atoms with Gasteiger partial charge in [-0.2, -0.15) is 0 Å². The fourth-order valence-electron chi connectivity index (χ4n) is 4.44. The van der Waals surface area contributed by atoms with Gasteiger partial charge in [0, 0.05) is 24.2 Å². The third kappa shape index (κ3) is 4.02. The van der Waals surface area contributed by atoms with Crippen molar-refractivity contribution < 1.29 is 10.2 Å². The molecule has 1 aliphatic carbocycles. The molecule has 4 rings (SSSR count). The molecule has 0 aromatic carbocycles. The van der Waals surface area contributed by atoms with Crippen LogP contribution in [0.3, 0.4) is 0 Å². The SMILES string of the molecule is CCCc1nc2sc3c(N(C[C@@H](C)O)C[C@@H](C)O)nc(SC)nc3c2c2c1CCC2. The van der Waals surface area contributed by atoms with E-state index in [4.69, 9.17) is 15.0 Å². The van der Waals surface area contributed by atoms with E-state index in [2.05, 4.69) is 6.92 Å². The van der Waals surface area contributed by atoms with E-state index in [1.54, 1.807) is 25.2 Å². The van der Waals surface area contributed by atoms with Crippen molar-refractivity contribution in [2.45, 2.75) is 70.2 Å². The topological polar surface area (TPSA) is 82.4 Å². The predicted octanol–water partition coefficient (Wildman–Crippen LogP) is 3.97. The molecule has 0 aliphatic heterocycles. The van der Waals surface area contributed by atoms with Crippen LogP contribution in [0.2, 0.25) is 0 Å². The number of hydrogen-bond donors (Lipinski definition) is 2. The third-order valence-electron chi connectivity index (χ3n) is 5.52. The molecular formula is C22H30N4O2S2. The zero-order chi connectivity index (χ0) is 21.4. The molecular weight excluding hydrogens is 416 g/mol. The lowest BCUT2D eigenvalue weighted by molar-refractivity contribution is 0.178. The highest BCUT2D eigenvalue weighted by Gasteiger charge is 2.26. The van der Waals surface area contributed by atoms with Gasteiger partial charge >= 0.3 is 0 Å². The van der Waals surface area contributed by atoms with Crippen LogP contribution >= 0.6 is 23.1 Å². The first-order valence-electron chi connectivity index (χ1n) is 10.7. The molecule has 0 saturated heterocycles. The van der Waals surface area contributed by atoms with Crippen LogP contribution in [-0.4, -0.2) is 56.7 Å². The van der Waals surface area contributed by atoms with Crippen LogP contribution < -0.4 is 4.90 Å². The van der Waals surface area contributed by atoms with Crippen LogP contribution in [-0.2, 0) is 19.3 Å². The number of fused-ring (bicyclic) bond motifs is 5. The molecule has 0 unspecified atom stereocenters. The molecule has 8 heteroatoms. The summed E-state index contributed by atoms with van der Waals surface area (Å²) in [5.41, 5.74) is 5.07. The molecule has 0 bridgehead atoms. The highest BCUT2D eigenvalue weighted by Crippen LogP contribution is 2.43. The van der Waals surface area contributed by atoms with E-state index in [1.807, 2.05) is 11.2 Å². The minimum absolute atomic E-state index is 0.408. The number of anilines is 1. The number of aliphatic hydroxyl groups is 2. The second-order valence-electron chi connectivity index (χ2n) is 8.22. The Bertz CT molecular complexity index is 1050. The Balaban J connectivity index is 1.99. The first-order valence-corrected chi connectivity index (χ1v) is 12.8. The maximum Gasteiger partial charge on any atom is 0.189 e. The molecule has 6 nitrogen and oxygen atoms in total. The summed E-state index contributed by atoms with van der Waals surface area (Å²) in [6.07, 6.45) is 6.39. The number of thioether (sulfide) groups is 1. The monoisotopic (exact) mass is 446 g/mol. The van der Waals surface area contributed by atoms with E-state index < -0.39 is 12.2 Å². The van der Waals surface area contributed by atoms with Gasteiger partial charge in [0.2, 0.25) is 0 Å². The van der Waals surface area contributed by atoms with Crippen molar-refractivity contribution in [1.82, 2.24) is 15.0 Å². The molecule has 1 aliphatic rings. The molecule has 2 atom stereocenters. The molecule has 0 saturated carbocycles. The molecule has 3 heterocycles. The molecule has 0 spiro atoms. The Morgan fingerprint density at radius 2 is 1.77 bits per heavy atom. The number of aromatic nitrogens is 3. The summed E-state index contributed by atoms with van der Waals surface area (Å²) >= 11 is 3.17. The number of rotatable bonds is 8. The summed E-state index contributed by atoms with van der Waals surface area (Å²) in [6, 6.07) is 0. The van der Waals surface area contributed by atoms with Crippen LogP contribution in [0.4, 0.5) is 5.82 Å². The zero-order valence-electron chi connectivity index (χ0n) is 18.1. The van der Waals surface area contributed by atoms with Gasteiger partial charge in [0.15, 0.2) is 11.0 Å². The first-order chi connectivity index (χ1) is 14.4. The van der Waals surface area contributed by atoms with Gasteiger partial charge in [0.05, 0.1) is 22.4 Å². The van der Waals surface area contributed by atoms with Gasteiger partial charge < -0.3 is 15.1 Å². The first kappa shape index (κ1) is 21.7. The van der Waals surface area contributed by atoms with Crippen LogP contribution in [0.5, 0.6) is 0 Å². The molecule has 0 fully saturated rings. The second-order valence-corrected chi connectivity index (χ2v) is 9.99. The van der Waals surface area contributed by atoms with Crippen LogP contribution in [0.15, 0.2) is 5.16 Å². The van der Waals surface area contributed by atoms with Crippen molar-refractivity contribution >= 4 is 49.3 Å². The normalized spacial score (nSPS) is 15.7. The summed E-state index contributed by atoms with van der Waals surface area (Å²) < 4.78 is 0.999. The number of aliphatic hydroxyl groups excluding tert-OH is 2. The van der Waals surface area contributed by atoms with Gasteiger partial charge in [-0.3, -0.25) is 0 Å². The number of hydrogen-bond acceptors (Lipinski definition) is 8. The van der Waals surface area contributed by atoms with E-state index >= 15 is 0 Å². The molecule has 0 amide bonds. The van der Waals surface area contributed by atoms with Crippen molar-refractivity contribution in [2.24, 2.45) is 0 Å². The average molecular weight is 447 g/mol. The lowest BCUT2D eigenvalue weighted by Gasteiger charge is -2.27. The second kappa shape index (κ2) is 8.94. The Morgan fingerprint density at radius 1 is 1.07 bits per heavy atom. The largest absolute Gasteiger partial charge is 0.392 e. The van der Waals surface area contributed by atoms with Gasteiger partial charge in [-0.25, -0.2) is 15.0 Å². The van der Waals surface area contributed by atoms with Crippen molar-refractivity contribution in [3.05, 3.63) is 16.8 Å². The van der Waals surface area contributed by atoms with Crippen LogP contribution in [0.25, 0.3) is 20.4 Å². The third-order valence-corrected chi connectivity index (χ3v) is 7.14. The lowest BCUT2D eigenvalue weighted by Crippen LogP contribution is -2.37. The molecule has 3 aromatic rings. The Morgan fingerprint density at radius 3 is 2.40 bits per heavy atom. The smallest absolute Gasteiger partial charge is 0.189 e. The number of nitrogens with zero attached hydrogens (tertiary/aromatic N) is 4. The summed E-state index contributed by atoms with van der Waals surface area (Å²) in [7, 11) is 0. The lowest BCUT2D eigenvalue weighted by atomic mass is 10.0. The van der Waals surface area contributed by atoms with Crippen molar-refractivity contribution in [3.63, 3.8) is 0 Å². The summed E-state index contributed by atoms with van der Waals surface area (Å²) in [5, 5.41) is 22.1. The van der Waals surface area contributed by atoms with Gasteiger partial charge in [-0.15, -0.1) is 11.3 Å². The average Bonchev–Trinajstić information content (AvgIpc) is 3.30. The van der Waals surface area contributed by atoms with Crippen LogP contribution in [0.1, 0.15) is 50.4 Å². The molecule has 30 heavy (non-hydrogen) atoms. The summed E-state index contributed by atoms with van der Waals surface area (Å²) in [6.45, 7) is 6.55. The molecule has 2 N–H and O–H groups in total. The van der Waals surface area contributed by atoms with Gasteiger partial charge in [-0.05, 0) is 56.9 Å². The Labute approximate surface area is 185 Å². The van der Waals surface area contributed by atoms with E-state index in [0.717, 1.165) is 46.5 Å². The predicted molar refractivity (Wildman–Crippen MR) is 126 cm³/mol. The van der Waals surface area contributed by atoms with E-state index in [0.29, 0.717) is 18.2 Å². The Hall–Kier alpha value is -1.48. The number of pyridine rings is 1. The fraction of sp³-hybridized carbons (Fsp3) is 0.591. The highest BCUT2D eigenvalue weighted by molar-refractivity contribution is 7.98. The Kier molecular flexibility index (Phi) is 6.48. The molecule has 3 aromatic heterocycles. The van der Waals surface area contributed by atoms with Gasteiger partial charge in [0.1, 0.15) is 4.83 Å². The summed E-state index contributed by atoms with van der Waals surface area (Å²) in [5.74, 6) is 0.790.